The van der Waals surface area contributed by atoms with Crippen LogP contribution in [0.4, 0.5) is 0 Å². The van der Waals surface area contributed by atoms with E-state index in [2.05, 4.69) is 110 Å². The first-order valence-electron chi connectivity index (χ1n) is 14.6. The Balaban J connectivity index is 1.69. The molecule has 5 aliphatic rings. The van der Waals surface area contributed by atoms with Crippen LogP contribution in [0.5, 0.6) is 0 Å². The average molecular weight is 567 g/mol. The maximum Gasteiger partial charge on any atom is 0.0888 e. The standard InChI is InChI=1S/C31H48N2P2Si2/c1-36(2,3)25-16-23(31(35,26-9-7-11-32-26)27-10-8-12-33-27)28(29(25)37(4,5)6)30-17-20-13-21(18-30)15-22(14-20)24(30)19-34/h7-12,16,20-22,24,29,32-33H,13-15,17-19,34-35H2,1-6H3. The van der Waals surface area contributed by atoms with Crippen molar-refractivity contribution in [3.05, 3.63) is 70.5 Å². The molecule has 0 amide bonds. The molecule has 6 atom stereocenters. The first-order chi connectivity index (χ1) is 17.4. The minimum absolute atomic E-state index is 0.281. The molecule has 0 radical (unpaired) electrons. The van der Waals surface area contributed by atoms with Gasteiger partial charge >= 0.3 is 0 Å². The molecule has 4 bridgehead atoms. The van der Waals surface area contributed by atoms with Crippen LogP contribution in [0.1, 0.15) is 43.5 Å². The summed E-state index contributed by atoms with van der Waals surface area (Å²) in [6, 6.07) is 8.99. The molecule has 2 nitrogen and oxygen atoms in total. The van der Waals surface area contributed by atoms with Gasteiger partial charge in [0.25, 0.3) is 0 Å². The number of hydrogen-bond donors (Lipinski definition) is 2. The van der Waals surface area contributed by atoms with E-state index in [0.29, 0.717) is 11.0 Å². The molecule has 6 heteroatoms. The quantitative estimate of drug-likeness (QED) is 0.248. The van der Waals surface area contributed by atoms with Gasteiger partial charge in [-0.05, 0) is 103 Å². The van der Waals surface area contributed by atoms with Crippen molar-refractivity contribution in [1.82, 2.24) is 9.97 Å². The summed E-state index contributed by atoms with van der Waals surface area (Å²) in [7, 11) is 3.50. The monoisotopic (exact) mass is 566 g/mol. The Kier molecular flexibility index (Phi) is 6.40. The molecule has 200 valence electrons. The lowest BCUT2D eigenvalue weighted by molar-refractivity contribution is -0.0791. The minimum atomic E-state index is -1.57. The summed E-state index contributed by atoms with van der Waals surface area (Å²) in [5, 5.41) is 1.55. The molecule has 0 saturated heterocycles. The highest BCUT2D eigenvalue weighted by molar-refractivity contribution is 7.19. The Hall–Kier alpha value is -0.666. The smallest absolute Gasteiger partial charge is 0.0888 e. The third-order valence-electron chi connectivity index (χ3n) is 10.7. The van der Waals surface area contributed by atoms with Crippen LogP contribution in [0.2, 0.25) is 44.8 Å². The van der Waals surface area contributed by atoms with E-state index in [9.17, 15) is 0 Å². The molecule has 4 saturated carbocycles. The lowest BCUT2D eigenvalue weighted by Crippen LogP contribution is -2.56. The fraction of sp³-hybridized carbons (Fsp3) is 0.613. The number of allylic oxidation sites excluding steroid dienone is 4. The van der Waals surface area contributed by atoms with Gasteiger partial charge in [-0.2, -0.15) is 0 Å². The summed E-state index contributed by atoms with van der Waals surface area (Å²) < 4.78 is 0. The van der Waals surface area contributed by atoms with E-state index in [1.807, 2.05) is 10.8 Å². The first-order valence-corrected chi connectivity index (χ1v) is 23.1. The molecule has 2 aromatic rings. The predicted molar refractivity (Wildman–Crippen MR) is 172 cm³/mol. The molecule has 6 unspecified atom stereocenters. The SMILES string of the molecule is C[Si](C)(C)C1=CC(C(P)(c2ccc[nH]2)c2ccc[nH]2)=C(C23CC4CC(CC(C4)C2CP)C3)C1[Si](C)(C)C. The molecular weight excluding hydrogens is 518 g/mol. The van der Waals surface area contributed by atoms with Gasteiger partial charge in [0.2, 0.25) is 0 Å². The Labute approximate surface area is 231 Å². The molecule has 5 aliphatic carbocycles. The number of H-pyrrole nitrogens is 2. The van der Waals surface area contributed by atoms with Crippen molar-refractivity contribution in [2.75, 3.05) is 6.16 Å². The summed E-state index contributed by atoms with van der Waals surface area (Å²) in [5.41, 5.74) is 7.13. The van der Waals surface area contributed by atoms with E-state index in [-0.39, 0.29) is 5.16 Å². The molecule has 0 aliphatic heterocycles. The molecular formula is C31H48N2P2Si2. The van der Waals surface area contributed by atoms with Gasteiger partial charge in [0.1, 0.15) is 0 Å². The van der Waals surface area contributed by atoms with Crippen molar-refractivity contribution >= 4 is 34.6 Å². The Morgan fingerprint density at radius 3 is 1.92 bits per heavy atom. The fourth-order valence-corrected chi connectivity index (χ4v) is 17.6. The van der Waals surface area contributed by atoms with Crippen LogP contribution in [-0.4, -0.2) is 32.3 Å². The number of aromatic amines is 2. The second-order valence-corrected chi connectivity index (χ2v) is 26.8. The van der Waals surface area contributed by atoms with E-state index < -0.39 is 16.1 Å². The van der Waals surface area contributed by atoms with Crippen molar-refractivity contribution in [3.8, 4) is 0 Å². The summed E-state index contributed by atoms with van der Waals surface area (Å²) >= 11 is 0. The van der Waals surface area contributed by atoms with Gasteiger partial charge in [-0.25, -0.2) is 0 Å². The van der Waals surface area contributed by atoms with Gasteiger partial charge in [-0.3, -0.25) is 0 Å². The van der Waals surface area contributed by atoms with Crippen LogP contribution in [0, 0.1) is 29.1 Å². The van der Waals surface area contributed by atoms with Crippen LogP contribution >= 0.6 is 18.5 Å². The first kappa shape index (κ1) is 26.6. The highest BCUT2D eigenvalue weighted by atomic mass is 31.0. The lowest BCUT2D eigenvalue weighted by Gasteiger charge is -2.64. The maximum atomic E-state index is 3.68. The molecule has 37 heavy (non-hydrogen) atoms. The molecule has 7 rings (SSSR count). The van der Waals surface area contributed by atoms with Gasteiger partial charge in [-0.1, -0.05) is 56.1 Å². The van der Waals surface area contributed by atoms with Gasteiger partial charge < -0.3 is 9.97 Å². The Morgan fingerprint density at radius 2 is 1.49 bits per heavy atom. The van der Waals surface area contributed by atoms with Gasteiger partial charge in [0, 0.05) is 23.8 Å². The van der Waals surface area contributed by atoms with E-state index in [1.165, 1.54) is 49.7 Å². The Morgan fingerprint density at radius 1 is 0.919 bits per heavy atom. The summed E-state index contributed by atoms with van der Waals surface area (Å²) in [6.45, 7) is 15.8. The van der Waals surface area contributed by atoms with Crippen LogP contribution in [-0.2, 0) is 5.16 Å². The zero-order valence-electron chi connectivity index (χ0n) is 23.8. The molecule has 0 aromatic carbocycles. The van der Waals surface area contributed by atoms with Gasteiger partial charge in [-0.15, -0.1) is 18.5 Å². The lowest BCUT2D eigenvalue weighted by atomic mass is 9.43. The van der Waals surface area contributed by atoms with Gasteiger partial charge in [0.15, 0.2) is 0 Å². The van der Waals surface area contributed by atoms with Crippen LogP contribution in [0.15, 0.2) is 59.1 Å². The van der Waals surface area contributed by atoms with Gasteiger partial charge in [0.05, 0.1) is 21.3 Å². The van der Waals surface area contributed by atoms with Crippen molar-refractivity contribution < 1.29 is 0 Å². The van der Waals surface area contributed by atoms with Crippen molar-refractivity contribution in [2.45, 2.75) is 82.1 Å². The second-order valence-electron chi connectivity index (χ2n) is 15.1. The van der Waals surface area contributed by atoms with Crippen molar-refractivity contribution in [1.29, 1.82) is 0 Å². The topological polar surface area (TPSA) is 31.6 Å². The predicted octanol–water partition coefficient (Wildman–Crippen LogP) is 8.60. The fourth-order valence-electron chi connectivity index (χ4n) is 9.63. The molecule has 2 heterocycles. The summed E-state index contributed by atoms with van der Waals surface area (Å²) in [6.07, 6.45) is 15.6. The minimum Gasteiger partial charge on any atom is -0.364 e. The van der Waals surface area contributed by atoms with Crippen LogP contribution in [0.25, 0.3) is 0 Å². The molecule has 0 spiro atoms. The third kappa shape index (κ3) is 3.98. The average Bonchev–Trinajstić information content (AvgIpc) is 3.58. The molecule has 4 fully saturated rings. The zero-order chi connectivity index (χ0) is 26.4. The third-order valence-corrected chi connectivity index (χ3v) is 16.9. The number of rotatable bonds is 7. The summed E-state index contributed by atoms with van der Waals surface area (Å²) in [4.78, 5) is 7.37. The van der Waals surface area contributed by atoms with E-state index in [1.54, 1.807) is 5.57 Å². The largest absolute Gasteiger partial charge is 0.364 e. The highest BCUT2D eigenvalue weighted by Crippen LogP contribution is 2.71. The van der Waals surface area contributed by atoms with E-state index in [4.69, 9.17) is 0 Å². The summed E-state index contributed by atoms with van der Waals surface area (Å²) in [5.74, 6) is 3.61. The number of aromatic nitrogens is 2. The normalized spacial score (nSPS) is 33.9. The number of nitrogens with one attached hydrogen (secondary N) is 2. The highest BCUT2D eigenvalue weighted by Gasteiger charge is 2.62. The van der Waals surface area contributed by atoms with E-state index in [0.717, 1.165) is 23.7 Å². The second kappa shape index (κ2) is 8.92. The maximum absolute atomic E-state index is 3.68. The van der Waals surface area contributed by atoms with Crippen LogP contribution in [0.3, 0.4) is 0 Å². The zero-order valence-corrected chi connectivity index (χ0v) is 28.1. The van der Waals surface area contributed by atoms with E-state index >= 15 is 0 Å². The molecule has 2 aromatic heterocycles. The number of hydrogen-bond acceptors (Lipinski definition) is 0. The van der Waals surface area contributed by atoms with Crippen molar-refractivity contribution in [2.24, 2.45) is 29.1 Å². The molecule has 2 N–H and O–H groups in total. The van der Waals surface area contributed by atoms with Crippen LogP contribution < -0.4 is 0 Å². The van der Waals surface area contributed by atoms with Crippen molar-refractivity contribution in [3.63, 3.8) is 0 Å². The Bertz CT molecular complexity index is 1160.